The van der Waals surface area contributed by atoms with Crippen LogP contribution in [-0.2, 0) is 4.79 Å². The second-order valence-electron chi connectivity index (χ2n) is 7.63. The van der Waals surface area contributed by atoms with Gasteiger partial charge in [-0.05, 0) is 95.3 Å². The van der Waals surface area contributed by atoms with E-state index in [2.05, 4.69) is 30.1 Å². The fourth-order valence-corrected chi connectivity index (χ4v) is 3.31. The molecule has 1 aromatic carbocycles. The van der Waals surface area contributed by atoms with Gasteiger partial charge in [0.15, 0.2) is 6.10 Å². The summed E-state index contributed by atoms with van der Waals surface area (Å²) in [5, 5.41) is 3.01. The molecule has 1 amide bonds. The van der Waals surface area contributed by atoms with Crippen molar-refractivity contribution >= 4 is 5.91 Å². The number of aryl methyl sites for hydroxylation is 2. The molecule has 0 aliphatic carbocycles. The number of benzene rings is 1. The van der Waals surface area contributed by atoms with Crippen LogP contribution < -0.4 is 10.1 Å². The minimum absolute atomic E-state index is 0.0363. The third-order valence-electron chi connectivity index (χ3n) is 5.26. The summed E-state index contributed by atoms with van der Waals surface area (Å²) < 4.78 is 5.90. The van der Waals surface area contributed by atoms with E-state index in [0.717, 1.165) is 35.8 Å². The summed E-state index contributed by atoms with van der Waals surface area (Å²) in [4.78, 5) is 14.8. The van der Waals surface area contributed by atoms with Gasteiger partial charge in [0, 0.05) is 6.54 Å². The number of rotatable bonds is 7. The zero-order valence-corrected chi connectivity index (χ0v) is 16.5. The van der Waals surface area contributed by atoms with Gasteiger partial charge in [-0.3, -0.25) is 4.79 Å². The largest absolute Gasteiger partial charge is 0.481 e. The topological polar surface area (TPSA) is 41.6 Å². The van der Waals surface area contributed by atoms with Crippen LogP contribution in [0.15, 0.2) is 12.1 Å². The van der Waals surface area contributed by atoms with Crippen molar-refractivity contribution in [1.82, 2.24) is 10.2 Å². The van der Waals surface area contributed by atoms with E-state index in [4.69, 9.17) is 4.74 Å². The zero-order chi connectivity index (χ0) is 18.4. The molecule has 1 aromatic rings. The minimum Gasteiger partial charge on any atom is -0.481 e. The first kappa shape index (κ1) is 19.8. The van der Waals surface area contributed by atoms with Crippen LogP contribution in [0.25, 0.3) is 0 Å². The van der Waals surface area contributed by atoms with Crippen molar-refractivity contribution in [3.05, 3.63) is 28.8 Å². The second-order valence-corrected chi connectivity index (χ2v) is 7.63. The highest BCUT2D eigenvalue weighted by molar-refractivity contribution is 5.80. The van der Waals surface area contributed by atoms with Crippen LogP contribution in [0.5, 0.6) is 5.75 Å². The highest BCUT2D eigenvalue weighted by Crippen LogP contribution is 2.24. The lowest BCUT2D eigenvalue weighted by Crippen LogP contribution is -2.39. The zero-order valence-electron chi connectivity index (χ0n) is 16.5. The first-order valence-electron chi connectivity index (χ1n) is 9.61. The number of likely N-dealkylation sites (tertiary alicyclic amines) is 1. The quantitative estimate of drug-likeness (QED) is 0.767. The monoisotopic (exact) mass is 346 g/mol. The Morgan fingerprint density at radius 1 is 1.28 bits per heavy atom. The number of nitrogens with zero attached hydrogens (tertiary/aromatic N) is 1. The Morgan fingerprint density at radius 3 is 2.64 bits per heavy atom. The molecule has 4 nitrogen and oxygen atoms in total. The minimum atomic E-state index is -0.476. The van der Waals surface area contributed by atoms with Crippen LogP contribution in [0.4, 0.5) is 0 Å². The molecular weight excluding hydrogens is 312 g/mol. The van der Waals surface area contributed by atoms with E-state index in [1.165, 1.54) is 31.5 Å². The number of hydrogen-bond donors (Lipinski definition) is 1. The van der Waals surface area contributed by atoms with Crippen LogP contribution in [0.2, 0.25) is 0 Å². The number of nitrogens with one attached hydrogen (secondary N) is 1. The molecule has 1 saturated heterocycles. The first-order chi connectivity index (χ1) is 11.9. The van der Waals surface area contributed by atoms with Crippen molar-refractivity contribution in [3.8, 4) is 5.75 Å². The van der Waals surface area contributed by atoms with E-state index in [9.17, 15) is 4.79 Å². The van der Waals surface area contributed by atoms with Crippen molar-refractivity contribution in [1.29, 1.82) is 0 Å². The number of hydrogen-bond acceptors (Lipinski definition) is 3. The lowest BCUT2D eigenvalue weighted by Gasteiger charge is -2.30. The van der Waals surface area contributed by atoms with Gasteiger partial charge < -0.3 is 15.0 Å². The van der Waals surface area contributed by atoms with Crippen LogP contribution in [-0.4, -0.2) is 43.1 Å². The molecule has 1 N–H and O–H groups in total. The average Bonchev–Trinajstić information content (AvgIpc) is 2.57. The molecular formula is C21H34N2O2. The maximum atomic E-state index is 12.3. The van der Waals surface area contributed by atoms with Gasteiger partial charge in [0.25, 0.3) is 5.91 Å². The van der Waals surface area contributed by atoms with Crippen molar-refractivity contribution in [3.63, 3.8) is 0 Å². The molecule has 0 bridgehead atoms. The summed E-state index contributed by atoms with van der Waals surface area (Å²) in [6, 6.07) is 4.14. The second kappa shape index (κ2) is 9.23. The van der Waals surface area contributed by atoms with E-state index >= 15 is 0 Å². The smallest absolute Gasteiger partial charge is 0.260 e. The molecule has 25 heavy (non-hydrogen) atoms. The van der Waals surface area contributed by atoms with Crippen LogP contribution in [0.1, 0.15) is 49.8 Å². The highest BCUT2D eigenvalue weighted by Gasteiger charge is 2.17. The fourth-order valence-electron chi connectivity index (χ4n) is 3.31. The summed E-state index contributed by atoms with van der Waals surface area (Å²) in [7, 11) is 0. The van der Waals surface area contributed by atoms with Crippen molar-refractivity contribution in [2.45, 2.75) is 60.0 Å². The van der Waals surface area contributed by atoms with E-state index in [1.54, 1.807) is 0 Å². The molecule has 1 fully saturated rings. The first-order valence-corrected chi connectivity index (χ1v) is 9.61. The maximum absolute atomic E-state index is 12.3. The molecule has 1 heterocycles. The van der Waals surface area contributed by atoms with Gasteiger partial charge in [-0.15, -0.1) is 0 Å². The Balaban J connectivity index is 1.72. The molecule has 0 aromatic heterocycles. The Kier molecular flexibility index (Phi) is 7.30. The van der Waals surface area contributed by atoms with Gasteiger partial charge >= 0.3 is 0 Å². The molecule has 0 radical (unpaired) electrons. The van der Waals surface area contributed by atoms with Gasteiger partial charge in [0.05, 0.1) is 0 Å². The lowest BCUT2D eigenvalue weighted by molar-refractivity contribution is -0.127. The van der Waals surface area contributed by atoms with Crippen molar-refractivity contribution in [2.75, 3.05) is 26.2 Å². The van der Waals surface area contributed by atoms with E-state index in [0.29, 0.717) is 6.54 Å². The van der Waals surface area contributed by atoms with Gasteiger partial charge in [-0.1, -0.05) is 13.0 Å². The molecule has 4 heteroatoms. The molecule has 140 valence electrons. The maximum Gasteiger partial charge on any atom is 0.260 e. The Bertz CT molecular complexity index is 578. The Labute approximate surface area is 152 Å². The number of amides is 1. The lowest BCUT2D eigenvalue weighted by atomic mass is 9.99. The van der Waals surface area contributed by atoms with E-state index < -0.39 is 6.10 Å². The fraction of sp³-hybridized carbons (Fsp3) is 0.667. The molecule has 2 rings (SSSR count). The molecule has 1 aliphatic heterocycles. The highest BCUT2D eigenvalue weighted by atomic mass is 16.5. The molecule has 0 spiro atoms. The predicted octanol–water partition coefficient (Wildman–Crippen LogP) is 3.62. The summed E-state index contributed by atoms with van der Waals surface area (Å²) in [5.74, 6) is 1.64. The number of carbonyl (C=O) groups is 1. The van der Waals surface area contributed by atoms with Gasteiger partial charge in [0.2, 0.25) is 0 Å². The normalized spacial score (nSPS) is 17.3. The number of piperidine rings is 1. The van der Waals surface area contributed by atoms with Gasteiger partial charge in [0.1, 0.15) is 5.75 Å². The van der Waals surface area contributed by atoms with E-state index in [1.807, 2.05) is 26.8 Å². The van der Waals surface area contributed by atoms with Crippen molar-refractivity contribution in [2.24, 2.45) is 5.92 Å². The van der Waals surface area contributed by atoms with Crippen LogP contribution in [0.3, 0.4) is 0 Å². The predicted molar refractivity (Wildman–Crippen MR) is 103 cm³/mol. The SMILES string of the molecule is Cc1cc(C)c(C)c(O[C@@H](C)C(=O)NCCCN2CCC(C)CC2)c1. The summed E-state index contributed by atoms with van der Waals surface area (Å²) in [6.45, 7) is 14.5. The molecule has 1 aliphatic rings. The van der Waals surface area contributed by atoms with Gasteiger partial charge in [-0.2, -0.15) is 0 Å². The van der Waals surface area contributed by atoms with Crippen LogP contribution >= 0.6 is 0 Å². The van der Waals surface area contributed by atoms with Gasteiger partial charge in [-0.25, -0.2) is 0 Å². The number of carbonyl (C=O) groups excluding carboxylic acids is 1. The summed E-state index contributed by atoms with van der Waals surface area (Å²) in [6.07, 6.45) is 3.12. The Hall–Kier alpha value is -1.55. The van der Waals surface area contributed by atoms with Crippen molar-refractivity contribution < 1.29 is 9.53 Å². The van der Waals surface area contributed by atoms with Crippen LogP contribution in [0, 0.1) is 26.7 Å². The summed E-state index contributed by atoms with van der Waals surface area (Å²) >= 11 is 0. The van der Waals surface area contributed by atoms with E-state index in [-0.39, 0.29) is 5.91 Å². The third kappa shape index (κ3) is 6.03. The molecule has 1 atom stereocenters. The summed E-state index contributed by atoms with van der Waals surface area (Å²) in [5.41, 5.74) is 3.45. The molecule has 0 saturated carbocycles. The number of ether oxygens (including phenoxy) is 1. The third-order valence-corrected chi connectivity index (χ3v) is 5.26. The molecule has 0 unspecified atom stereocenters. The average molecular weight is 347 g/mol. The Morgan fingerprint density at radius 2 is 1.96 bits per heavy atom. The standard InChI is InChI=1S/C21H34N2O2/c1-15-7-11-23(12-8-15)10-6-9-22-21(24)19(5)25-20-14-16(2)13-17(3)18(20)4/h13-15,19H,6-12H2,1-5H3,(H,22,24)/t19-/m0/s1.